The Morgan fingerprint density at radius 1 is 0.307 bits per heavy atom. The van der Waals surface area contributed by atoms with Crippen LogP contribution in [0.1, 0.15) is 24.0 Å². The third-order valence-corrected chi connectivity index (χ3v) is 15.2. The van der Waals surface area contributed by atoms with Gasteiger partial charge in [0, 0.05) is 49.7 Å². The van der Waals surface area contributed by atoms with E-state index in [4.69, 9.17) is 4.42 Å². The molecule has 0 saturated heterocycles. The number of nitrogens with zero attached hydrogens (tertiary/aromatic N) is 2. The van der Waals surface area contributed by atoms with Gasteiger partial charge in [-0.1, -0.05) is 218 Å². The van der Waals surface area contributed by atoms with Gasteiger partial charge in [0.05, 0.1) is 16.7 Å². The van der Waals surface area contributed by atoms with Crippen LogP contribution in [0.15, 0.2) is 283 Å². The molecule has 0 unspecified atom stereocenters. The van der Waals surface area contributed by atoms with Gasteiger partial charge in [0.1, 0.15) is 11.2 Å². The Bertz CT molecular complexity index is 4260. The molecular formula is C72H50N2O. The van der Waals surface area contributed by atoms with Crippen LogP contribution in [0.2, 0.25) is 0 Å². The fourth-order valence-corrected chi connectivity index (χ4v) is 11.4. The van der Waals surface area contributed by atoms with Crippen molar-refractivity contribution in [1.29, 1.82) is 0 Å². The molecule has 2 heterocycles. The third-order valence-electron chi connectivity index (χ3n) is 15.2. The lowest BCUT2D eigenvalue weighted by atomic mass is 9.89. The maximum atomic E-state index is 6.44. The van der Waals surface area contributed by atoms with Crippen molar-refractivity contribution >= 4 is 72.0 Å². The summed E-state index contributed by atoms with van der Waals surface area (Å²) in [6.07, 6.45) is 6.48. The maximum absolute atomic E-state index is 6.44. The minimum Gasteiger partial charge on any atom is -0.455 e. The first-order chi connectivity index (χ1) is 37.2. The SMILES string of the molecule is C1=C(c2ccc(N(c3ccc(-c4ccc(-c5ccccc5)cc4-n4c5ccccc5c5ccccc54)cc3)c3cccc(-c4ccc(-c5ccccc5)cc4)c3)cc2)CCC(c2cccc3c2oc2ccccc23)=C1. The van der Waals surface area contributed by atoms with Crippen molar-refractivity contribution in [2.75, 3.05) is 4.90 Å². The first-order valence-corrected chi connectivity index (χ1v) is 25.9. The van der Waals surface area contributed by atoms with Gasteiger partial charge in [0.2, 0.25) is 0 Å². The molecule has 354 valence electrons. The van der Waals surface area contributed by atoms with Crippen LogP contribution in [-0.4, -0.2) is 4.57 Å². The molecule has 1 aliphatic rings. The summed E-state index contributed by atoms with van der Waals surface area (Å²) in [7, 11) is 0. The zero-order valence-corrected chi connectivity index (χ0v) is 41.3. The van der Waals surface area contributed by atoms with Gasteiger partial charge >= 0.3 is 0 Å². The highest BCUT2D eigenvalue weighted by Crippen LogP contribution is 2.43. The molecule has 0 N–H and O–H groups in total. The molecule has 0 aliphatic heterocycles. The predicted octanol–water partition coefficient (Wildman–Crippen LogP) is 20.1. The largest absolute Gasteiger partial charge is 0.455 e. The highest BCUT2D eigenvalue weighted by atomic mass is 16.3. The van der Waals surface area contributed by atoms with Crippen LogP contribution in [0, 0.1) is 0 Å². The zero-order chi connectivity index (χ0) is 49.7. The Morgan fingerprint density at radius 2 is 0.787 bits per heavy atom. The van der Waals surface area contributed by atoms with E-state index in [2.05, 4.69) is 282 Å². The van der Waals surface area contributed by atoms with Gasteiger partial charge < -0.3 is 13.9 Å². The molecule has 75 heavy (non-hydrogen) atoms. The fraction of sp³-hybridized carbons (Fsp3) is 0.0278. The van der Waals surface area contributed by atoms with Crippen molar-refractivity contribution in [3.63, 3.8) is 0 Å². The van der Waals surface area contributed by atoms with Gasteiger partial charge in [-0.2, -0.15) is 0 Å². The van der Waals surface area contributed by atoms with Crippen molar-refractivity contribution in [2.24, 2.45) is 0 Å². The lowest BCUT2D eigenvalue weighted by molar-refractivity contribution is 0.667. The molecule has 3 heteroatoms. The monoisotopic (exact) mass is 958 g/mol. The molecule has 3 nitrogen and oxygen atoms in total. The lowest BCUT2D eigenvalue weighted by Crippen LogP contribution is -2.10. The predicted molar refractivity (Wildman–Crippen MR) is 316 cm³/mol. The van der Waals surface area contributed by atoms with Crippen LogP contribution in [0.25, 0.3) is 105 Å². The minimum atomic E-state index is 0.931. The molecule has 2 aromatic heterocycles. The van der Waals surface area contributed by atoms with Gasteiger partial charge in [0.25, 0.3) is 0 Å². The first-order valence-electron chi connectivity index (χ1n) is 25.9. The van der Waals surface area contributed by atoms with E-state index in [0.29, 0.717) is 0 Å². The number of hydrogen-bond donors (Lipinski definition) is 0. The van der Waals surface area contributed by atoms with Crippen molar-refractivity contribution in [2.45, 2.75) is 12.8 Å². The van der Waals surface area contributed by atoms with Crippen LogP contribution in [0.5, 0.6) is 0 Å². The summed E-state index contributed by atoms with van der Waals surface area (Å²) in [6, 6.07) is 96.8. The summed E-state index contributed by atoms with van der Waals surface area (Å²) in [5.74, 6) is 0. The molecule has 11 aromatic carbocycles. The average molecular weight is 959 g/mol. The summed E-state index contributed by atoms with van der Waals surface area (Å²) in [5, 5.41) is 4.82. The molecule has 0 amide bonds. The average Bonchev–Trinajstić information content (AvgIpc) is 4.06. The third kappa shape index (κ3) is 8.03. The Labute approximate surface area is 436 Å². The molecule has 13 aromatic rings. The normalized spacial score (nSPS) is 12.6. The van der Waals surface area contributed by atoms with E-state index in [1.54, 1.807) is 0 Å². The quantitative estimate of drug-likeness (QED) is 0.136. The second-order valence-corrected chi connectivity index (χ2v) is 19.6. The maximum Gasteiger partial charge on any atom is 0.142 e. The van der Waals surface area contributed by atoms with Gasteiger partial charge in [-0.15, -0.1) is 0 Å². The number of rotatable bonds is 10. The van der Waals surface area contributed by atoms with Crippen molar-refractivity contribution in [1.82, 2.24) is 4.57 Å². The van der Waals surface area contributed by atoms with Crippen molar-refractivity contribution in [3.8, 4) is 50.2 Å². The second-order valence-electron chi connectivity index (χ2n) is 19.6. The Morgan fingerprint density at radius 3 is 1.45 bits per heavy atom. The highest BCUT2D eigenvalue weighted by molar-refractivity contribution is 6.10. The number of hydrogen-bond acceptors (Lipinski definition) is 2. The number of furan rings is 1. The summed E-state index contributed by atoms with van der Waals surface area (Å²) in [5.41, 5.74) is 23.1. The molecule has 0 spiro atoms. The van der Waals surface area contributed by atoms with E-state index in [9.17, 15) is 0 Å². The van der Waals surface area contributed by atoms with Crippen LogP contribution in [-0.2, 0) is 0 Å². The number of para-hydroxylation sites is 4. The summed E-state index contributed by atoms with van der Waals surface area (Å²) in [4.78, 5) is 2.39. The van der Waals surface area contributed by atoms with Gasteiger partial charge in [-0.05, 0) is 129 Å². The van der Waals surface area contributed by atoms with Crippen LogP contribution >= 0.6 is 0 Å². The summed E-state index contributed by atoms with van der Waals surface area (Å²) in [6.45, 7) is 0. The molecule has 0 fully saturated rings. The standard InChI is InChI=1S/C72H50N2O/c1-3-15-49(16-4-1)51-29-31-54(32-30-51)57-19-13-20-61(47-57)73(59-42-37-53(38-43-59)52-33-35-56(36-34-52)63-24-14-25-67-66-23-9-12-28-71(66)75-72(63)67)60-44-39-55(40-45-60)62-46-41-58(50-17-5-2-6-18-50)48-70(62)74-68-26-10-7-21-64(68)65-22-8-11-27-69(65)74/h1-33,35,37-48H,34,36H2. The summed E-state index contributed by atoms with van der Waals surface area (Å²) >= 11 is 0. The van der Waals surface area contributed by atoms with E-state index >= 15 is 0 Å². The molecule has 1 aliphatic carbocycles. The molecule has 0 atom stereocenters. The Kier molecular flexibility index (Phi) is 11.0. The number of allylic oxidation sites excluding steroid dienone is 4. The van der Waals surface area contributed by atoms with Crippen molar-refractivity contribution in [3.05, 3.63) is 290 Å². The Hall–Kier alpha value is -9.70. The summed E-state index contributed by atoms with van der Waals surface area (Å²) < 4.78 is 8.89. The van der Waals surface area contributed by atoms with Crippen LogP contribution in [0.3, 0.4) is 0 Å². The number of fused-ring (bicyclic) bond motifs is 6. The van der Waals surface area contributed by atoms with E-state index in [1.165, 1.54) is 77.3 Å². The molecular weight excluding hydrogens is 909 g/mol. The molecule has 0 bridgehead atoms. The number of aromatic nitrogens is 1. The van der Waals surface area contributed by atoms with Crippen LogP contribution < -0.4 is 4.90 Å². The molecule has 14 rings (SSSR count). The van der Waals surface area contributed by atoms with E-state index < -0.39 is 0 Å². The van der Waals surface area contributed by atoms with Gasteiger partial charge in [-0.3, -0.25) is 0 Å². The molecule has 0 radical (unpaired) electrons. The van der Waals surface area contributed by atoms with E-state index in [0.717, 1.165) is 68.8 Å². The number of anilines is 3. The van der Waals surface area contributed by atoms with Crippen LogP contribution in [0.4, 0.5) is 17.1 Å². The zero-order valence-electron chi connectivity index (χ0n) is 41.3. The topological polar surface area (TPSA) is 21.3 Å². The van der Waals surface area contributed by atoms with Gasteiger partial charge in [-0.25, -0.2) is 0 Å². The lowest BCUT2D eigenvalue weighted by Gasteiger charge is -2.27. The van der Waals surface area contributed by atoms with E-state index in [-0.39, 0.29) is 0 Å². The fourth-order valence-electron chi connectivity index (χ4n) is 11.4. The van der Waals surface area contributed by atoms with Crippen molar-refractivity contribution < 1.29 is 4.42 Å². The molecule has 0 saturated carbocycles. The Balaban J connectivity index is 0.848. The van der Waals surface area contributed by atoms with Gasteiger partial charge in [0.15, 0.2) is 0 Å². The van der Waals surface area contributed by atoms with E-state index in [1.807, 2.05) is 6.07 Å². The number of benzene rings is 11. The minimum absolute atomic E-state index is 0.931. The second kappa shape index (κ2) is 18.7. The smallest absolute Gasteiger partial charge is 0.142 e. The highest BCUT2D eigenvalue weighted by Gasteiger charge is 2.21. The first kappa shape index (κ1) is 44.0.